The highest BCUT2D eigenvalue weighted by Gasteiger charge is 2.33. The Balaban J connectivity index is 1.68. The van der Waals surface area contributed by atoms with Crippen LogP contribution in [-0.4, -0.2) is 29.0 Å². The average molecular weight is 371 g/mol. The van der Waals surface area contributed by atoms with Gasteiger partial charge in [0.2, 0.25) is 5.89 Å². The second-order valence-electron chi connectivity index (χ2n) is 6.55. The molecule has 1 N–H and O–H groups in total. The van der Waals surface area contributed by atoms with Crippen molar-refractivity contribution in [3.63, 3.8) is 0 Å². The largest absolute Gasteiger partial charge is 0.438 e. The number of oxazole rings is 1. The average Bonchev–Trinajstić information content (AvgIpc) is 3.28. The summed E-state index contributed by atoms with van der Waals surface area (Å²) in [5.41, 5.74) is 2.03. The molecule has 0 saturated carbocycles. The van der Waals surface area contributed by atoms with E-state index in [1.54, 1.807) is 23.1 Å². The van der Waals surface area contributed by atoms with Crippen molar-refractivity contribution in [3.8, 4) is 11.1 Å². The molecule has 4 rings (SSSR count). The molecule has 0 spiro atoms. The van der Waals surface area contributed by atoms with Gasteiger partial charge in [-0.25, -0.2) is 18.6 Å². The number of benzene rings is 2. The van der Waals surface area contributed by atoms with Gasteiger partial charge in [-0.1, -0.05) is 6.07 Å². The summed E-state index contributed by atoms with van der Waals surface area (Å²) in [4.78, 5) is 18.5. The fourth-order valence-electron chi connectivity index (χ4n) is 3.50. The Kier molecular flexibility index (Phi) is 4.51. The lowest BCUT2D eigenvalue weighted by Crippen LogP contribution is -2.39. The van der Waals surface area contributed by atoms with Gasteiger partial charge in [-0.15, -0.1) is 0 Å². The zero-order valence-electron chi connectivity index (χ0n) is 14.8. The molecular weight excluding hydrogens is 352 g/mol. The third kappa shape index (κ3) is 3.25. The number of aromatic nitrogens is 1. The number of halogens is 2. The number of amides is 2. The smallest absolute Gasteiger partial charge is 0.318 e. The molecule has 140 valence electrons. The van der Waals surface area contributed by atoms with E-state index in [1.807, 2.05) is 6.92 Å². The van der Waals surface area contributed by atoms with E-state index in [9.17, 15) is 13.6 Å². The number of carbonyl (C=O) groups excluding carboxylic acids is 1. The number of nitrogens with one attached hydrogen (secondary N) is 1. The van der Waals surface area contributed by atoms with Crippen LogP contribution in [0.2, 0.25) is 0 Å². The zero-order valence-corrected chi connectivity index (χ0v) is 14.8. The first-order chi connectivity index (χ1) is 13.1. The maximum Gasteiger partial charge on any atom is 0.318 e. The molecule has 7 heteroatoms. The first-order valence-electron chi connectivity index (χ1n) is 8.97. The van der Waals surface area contributed by atoms with Gasteiger partial charge in [0.05, 0.1) is 0 Å². The number of nitrogens with zero attached hydrogens (tertiary/aromatic N) is 2. The van der Waals surface area contributed by atoms with Gasteiger partial charge in [-0.3, -0.25) is 0 Å². The molecule has 1 fully saturated rings. The van der Waals surface area contributed by atoms with Crippen molar-refractivity contribution < 1.29 is 18.0 Å². The molecule has 1 aliphatic rings. The number of carbonyl (C=O) groups is 1. The lowest BCUT2D eigenvalue weighted by atomic mass is 10.0. The van der Waals surface area contributed by atoms with Crippen LogP contribution in [0.1, 0.15) is 31.7 Å². The van der Waals surface area contributed by atoms with E-state index in [0.717, 1.165) is 18.9 Å². The standard InChI is InChI=1S/C20H19F2N3O2/c1-2-23-20(26)25-9-3-4-17(25)19-24-16-10-12(5-8-18(16)27-19)14-7-6-13(21)11-15(14)22/h5-8,10-11,17H,2-4,9H2,1H3,(H,23,26). The van der Waals surface area contributed by atoms with Gasteiger partial charge >= 0.3 is 6.03 Å². The SMILES string of the molecule is CCNC(=O)N1CCCC1c1nc2cc(-c3ccc(F)cc3F)ccc2o1. The molecule has 3 aromatic rings. The first kappa shape index (κ1) is 17.5. The molecule has 1 atom stereocenters. The molecule has 0 aliphatic carbocycles. The van der Waals surface area contributed by atoms with E-state index >= 15 is 0 Å². The predicted octanol–water partition coefficient (Wildman–Crippen LogP) is 4.64. The highest BCUT2D eigenvalue weighted by molar-refractivity contribution is 5.81. The number of hydrogen-bond acceptors (Lipinski definition) is 3. The lowest BCUT2D eigenvalue weighted by molar-refractivity contribution is 0.186. The summed E-state index contributed by atoms with van der Waals surface area (Å²) in [7, 11) is 0. The fourth-order valence-corrected chi connectivity index (χ4v) is 3.50. The van der Waals surface area contributed by atoms with Gasteiger partial charge in [0.1, 0.15) is 23.2 Å². The van der Waals surface area contributed by atoms with Gasteiger partial charge < -0.3 is 14.6 Å². The summed E-state index contributed by atoms with van der Waals surface area (Å²) in [6.45, 7) is 3.09. The van der Waals surface area contributed by atoms with E-state index < -0.39 is 11.6 Å². The highest BCUT2D eigenvalue weighted by atomic mass is 19.1. The zero-order chi connectivity index (χ0) is 19.0. The Bertz CT molecular complexity index is 1000. The molecule has 1 saturated heterocycles. The molecule has 1 aliphatic heterocycles. The second kappa shape index (κ2) is 6.98. The van der Waals surface area contributed by atoms with Gasteiger partial charge in [0.15, 0.2) is 5.58 Å². The minimum Gasteiger partial charge on any atom is -0.438 e. The fraction of sp³-hybridized carbons (Fsp3) is 0.300. The van der Waals surface area contributed by atoms with Gasteiger partial charge in [0, 0.05) is 24.7 Å². The molecule has 2 heterocycles. The normalized spacial score (nSPS) is 16.9. The molecule has 1 aromatic heterocycles. The van der Waals surface area contributed by atoms with Crippen LogP contribution in [0.5, 0.6) is 0 Å². The molecule has 0 radical (unpaired) electrons. The number of hydrogen-bond donors (Lipinski definition) is 1. The minimum absolute atomic E-state index is 0.128. The van der Waals surface area contributed by atoms with Crippen molar-refractivity contribution in [1.29, 1.82) is 0 Å². The van der Waals surface area contributed by atoms with Gasteiger partial charge in [-0.2, -0.15) is 0 Å². The molecule has 2 amide bonds. The van der Waals surface area contributed by atoms with Crippen LogP contribution >= 0.6 is 0 Å². The summed E-state index contributed by atoms with van der Waals surface area (Å²) in [6.07, 6.45) is 1.66. The minimum atomic E-state index is -0.628. The van der Waals surface area contributed by atoms with Crippen LogP contribution in [0.25, 0.3) is 22.2 Å². The maximum atomic E-state index is 14.1. The van der Waals surface area contributed by atoms with Crippen molar-refractivity contribution >= 4 is 17.1 Å². The predicted molar refractivity (Wildman–Crippen MR) is 97.1 cm³/mol. The van der Waals surface area contributed by atoms with E-state index in [0.29, 0.717) is 41.2 Å². The van der Waals surface area contributed by atoms with Crippen LogP contribution in [0.4, 0.5) is 13.6 Å². The Labute approximate surface area is 155 Å². The molecule has 0 bridgehead atoms. The highest BCUT2D eigenvalue weighted by Crippen LogP contribution is 2.34. The van der Waals surface area contributed by atoms with Crippen LogP contribution in [-0.2, 0) is 0 Å². The number of rotatable bonds is 3. The Morgan fingerprint density at radius 1 is 1.30 bits per heavy atom. The van der Waals surface area contributed by atoms with Crippen molar-refractivity contribution in [3.05, 3.63) is 53.9 Å². The molecular formula is C20H19F2N3O2. The summed E-state index contributed by atoms with van der Waals surface area (Å²) in [6, 6.07) is 8.28. The van der Waals surface area contributed by atoms with Crippen molar-refractivity contribution in [2.24, 2.45) is 0 Å². The van der Waals surface area contributed by atoms with E-state index in [2.05, 4.69) is 10.3 Å². The van der Waals surface area contributed by atoms with Crippen molar-refractivity contribution in [2.45, 2.75) is 25.8 Å². The summed E-state index contributed by atoms with van der Waals surface area (Å²) < 4.78 is 33.1. The monoisotopic (exact) mass is 371 g/mol. The lowest BCUT2D eigenvalue weighted by Gasteiger charge is -2.22. The van der Waals surface area contributed by atoms with Crippen molar-refractivity contribution in [2.75, 3.05) is 13.1 Å². The van der Waals surface area contributed by atoms with Gasteiger partial charge in [0.25, 0.3) is 0 Å². The van der Waals surface area contributed by atoms with Crippen LogP contribution < -0.4 is 5.32 Å². The maximum absolute atomic E-state index is 14.1. The van der Waals surface area contributed by atoms with E-state index in [1.165, 1.54) is 12.1 Å². The van der Waals surface area contributed by atoms with Gasteiger partial charge in [-0.05, 0) is 49.6 Å². The Morgan fingerprint density at radius 2 is 2.15 bits per heavy atom. The quantitative estimate of drug-likeness (QED) is 0.730. The molecule has 1 unspecified atom stereocenters. The Morgan fingerprint density at radius 3 is 2.93 bits per heavy atom. The van der Waals surface area contributed by atoms with E-state index in [-0.39, 0.29) is 12.1 Å². The molecule has 5 nitrogen and oxygen atoms in total. The van der Waals surface area contributed by atoms with Crippen LogP contribution in [0.15, 0.2) is 40.8 Å². The van der Waals surface area contributed by atoms with Crippen LogP contribution in [0, 0.1) is 11.6 Å². The topological polar surface area (TPSA) is 58.4 Å². The van der Waals surface area contributed by atoms with Crippen LogP contribution in [0.3, 0.4) is 0 Å². The summed E-state index contributed by atoms with van der Waals surface area (Å²) in [5.74, 6) is -0.769. The molecule has 27 heavy (non-hydrogen) atoms. The Hall–Kier alpha value is -2.96. The van der Waals surface area contributed by atoms with E-state index in [4.69, 9.17) is 4.42 Å². The summed E-state index contributed by atoms with van der Waals surface area (Å²) in [5, 5.41) is 2.81. The molecule has 2 aromatic carbocycles. The van der Waals surface area contributed by atoms with Crippen molar-refractivity contribution in [1.82, 2.24) is 15.2 Å². The number of likely N-dealkylation sites (tertiary alicyclic amines) is 1. The second-order valence-corrected chi connectivity index (χ2v) is 6.55. The number of urea groups is 1. The third-order valence-electron chi connectivity index (χ3n) is 4.77. The first-order valence-corrected chi connectivity index (χ1v) is 8.97. The summed E-state index contributed by atoms with van der Waals surface area (Å²) >= 11 is 0. The number of fused-ring (bicyclic) bond motifs is 1. The third-order valence-corrected chi connectivity index (χ3v) is 4.77.